The van der Waals surface area contributed by atoms with E-state index in [2.05, 4.69) is 5.32 Å². The van der Waals surface area contributed by atoms with Crippen molar-refractivity contribution in [1.82, 2.24) is 9.80 Å². The van der Waals surface area contributed by atoms with Crippen LogP contribution >= 0.6 is 0 Å². The van der Waals surface area contributed by atoms with Gasteiger partial charge in [0.15, 0.2) is 0 Å². The highest BCUT2D eigenvalue weighted by Gasteiger charge is 2.22. The van der Waals surface area contributed by atoms with Gasteiger partial charge in [0.2, 0.25) is 0 Å². The lowest BCUT2D eigenvalue weighted by atomic mass is 10.2. The van der Waals surface area contributed by atoms with Gasteiger partial charge in [0.05, 0.1) is 7.11 Å². The number of nitrogens with zero attached hydrogens (tertiary/aromatic N) is 2. The molecule has 0 aliphatic carbocycles. The largest absolute Gasteiger partial charge is 0.453 e. The number of carbonyl (C=O) groups is 2. The smallest absolute Gasteiger partial charge is 0.409 e. The summed E-state index contributed by atoms with van der Waals surface area (Å²) in [5.74, 6) is -0.334. The minimum absolute atomic E-state index is 0.249. The molecule has 1 aromatic rings. The van der Waals surface area contributed by atoms with Crippen LogP contribution in [0, 0.1) is 12.7 Å². The fourth-order valence-corrected chi connectivity index (χ4v) is 2.39. The fourth-order valence-electron chi connectivity index (χ4n) is 2.39. The van der Waals surface area contributed by atoms with Crippen molar-refractivity contribution < 1.29 is 18.7 Å². The van der Waals surface area contributed by atoms with Crippen LogP contribution in [0.15, 0.2) is 18.2 Å². The molecule has 1 aliphatic rings. The molecule has 2 rings (SSSR count). The second kappa shape index (κ2) is 7.11. The summed E-state index contributed by atoms with van der Waals surface area (Å²) in [5.41, 5.74) is 1.25. The Kier molecular flexibility index (Phi) is 5.19. The Hall–Kier alpha value is -2.31. The summed E-state index contributed by atoms with van der Waals surface area (Å²) >= 11 is 0. The third-order valence-corrected chi connectivity index (χ3v) is 3.65. The number of benzene rings is 1. The molecule has 0 saturated carbocycles. The predicted molar refractivity (Wildman–Crippen MR) is 80.3 cm³/mol. The van der Waals surface area contributed by atoms with Crippen molar-refractivity contribution in [3.63, 3.8) is 0 Å². The van der Waals surface area contributed by atoms with Crippen molar-refractivity contribution in [3.05, 3.63) is 29.6 Å². The van der Waals surface area contributed by atoms with Crippen LogP contribution in [0.25, 0.3) is 0 Å². The molecule has 1 aliphatic heterocycles. The van der Waals surface area contributed by atoms with Gasteiger partial charge in [0.1, 0.15) is 5.82 Å². The number of urea groups is 1. The van der Waals surface area contributed by atoms with Crippen LogP contribution in [0.3, 0.4) is 0 Å². The first-order chi connectivity index (χ1) is 10.5. The van der Waals surface area contributed by atoms with E-state index in [1.54, 1.807) is 22.8 Å². The Morgan fingerprint density at radius 1 is 1.18 bits per heavy atom. The number of methoxy groups -OCH3 is 1. The van der Waals surface area contributed by atoms with Gasteiger partial charge in [-0.3, -0.25) is 0 Å². The third kappa shape index (κ3) is 3.87. The molecule has 6 nitrogen and oxygen atoms in total. The molecule has 1 N–H and O–H groups in total. The van der Waals surface area contributed by atoms with Gasteiger partial charge in [-0.1, -0.05) is 0 Å². The molecule has 0 bridgehead atoms. The molecule has 0 aromatic heterocycles. The molecular formula is C15H20FN3O3. The molecule has 0 spiro atoms. The average molecular weight is 309 g/mol. The lowest BCUT2D eigenvalue weighted by Crippen LogP contribution is -2.39. The van der Waals surface area contributed by atoms with Crippen LogP contribution in [-0.4, -0.2) is 55.2 Å². The van der Waals surface area contributed by atoms with E-state index in [9.17, 15) is 14.0 Å². The SMILES string of the molecule is COC(=O)N1CCCN(C(=O)Nc2ccc(F)cc2C)CC1. The number of amides is 3. The van der Waals surface area contributed by atoms with E-state index >= 15 is 0 Å². The Balaban J connectivity index is 1.96. The molecule has 0 radical (unpaired) electrons. The molecule has 1 saturated heterocycles. The zero-order valence-electron chi connectivity index (χ0n) is 12.8. The second-order valence-electron chi connectivity index (χ2n) is 5.19. The maximum Gasteiger partial charge on any atom is 0.409 e. The third-order valence-electron chi connectivity index (χ3n) is 3.65. The van der Waals surface area contributed by atoms with E-state index < -0.39 is 0 Å². The minimum atomic E-state index is -0.378. The van der Waals surface area contributed by atoms with Gasteiger partial charge in [0.25, 0.3) is 0 Å². The first-order valence-corrected chi connectivity index (χ1v) is 7.16. The highest BCUT2D eigenvalue weighted by Crippen LogP contribution is 2.16. The summed E-state index contributed by atoms with van der Waals surface area (Å²) in [5, 5.41) is 2.78. The highest BCUT2D eigenvalue weighted by atomic mass is 19.1. The molecule has 120 valence electrons. The van der Waals surface area contributed by atoms with Crippen LogP contribution in [0.2, 0.25) is 0 Å². The van der Waals surface area contributed by atoms with Gasteiger partial charge in [-0.05, 0) is 37.1 Å². The van der Waals surface area contributed by atoms with Crippen LogP contribution in [-0.2, 0) is 4.74 Å². The Morgan fingerprint density at radius 2 is 1.86 bits per heavy atom. The molecule has 22 heavy (non-hydrogen) atoms. The molecule has 3 amide bonds. The molecule has 0 atom stereocenters. The lowest BCUT2D eigenvalue weighted by Gasteiger charge is -2.22. The van der Waals surface area contributed by atoms with Gasteiger partial charge in [-0.25, -0.2) is 14.0 Å². The quantitative estimate of drug-likeness (QED) is 0.866. The van der Waals surface area contributed by atoms with Crippen molar-refractivity contribution in [1.29, 1.82) is 0 Å². The topological polar surface area (TPSA) is 61.9 Å². The summed E-state index contributed by atoms with van der Waals surface area (Å²) in [6, 6.07) is 3.98. The molecular weight excluding hydrogens is 289 g/mol. The van der Waals surface area contributed by atoms with Crippen molar-refractivity contribution >= 4 is 17.8 Å². The second-order valence-corrected chi connectivity index (χ2v) is 5.19. The number of ether oxygens (including phenoxy) is 1. The standard InChI is InChI=1S/C15H20FN3O3/c1-11-10-12(16)4-5-13(11)17-14(20)18-6-3-7-19(9-8-18)15(21)22-2/h4-5,10H,3,6-9H2,1-2H3,(H,17,20). The maximum atomic E-state index is 13.1. The molecule has 1 fully saturated rings. The number of hydrogen-bond donors (Lipinski definition) is 1. The Labute approximate surface area is 128 Å². The molecule has 1 aromatic carbocycles. The van der Waals surface area contributed by atoms with Crippen molar-refractivity contribution in [2.45, 2.75) is 13.3 Å². The minimum Gasteiger partial charge on any atom is -0.453 e. The number of nitrogens with one attached hydrogen (secondary N) is 1. The monoisotopic (exact) mass is 309 g/mol. The van der Waals surface area contributed by atoms with Crippen molar-refractivity contribution in [3.8, 4) is 0 Å². The first kappa shape index (κ1) is 16.1. The van der Waals surface area contributed by atoms with Crippen molar-refractivity contribution in [2.75, 3.05) is 38.6 Å². The van der Waals surface area contributed by atoms with E-state index in [4.69, 9.17) is 4.74 Å². The fraction of sp³-hybridized carbons (Fsp3) is 0.467. The normalized spacial score (nSPS) is 15.2. The number of anilines is 1. The van der Waals surface area contributed by atoms with Gasteiger partial charge in [-0.15, -0.1) is 0 Å². The highest BCUT2D eigenvalue weighted by molar-refractivity contribution is 5.90. The molecule has 7 heteroatoms. The van der Waals surface area contributed by atoms with Crippen LogP contribution in [0.4, 0.5) is 19.7 Å². The first-order valence-electron chi connectivity index (χ1n) is 7.16. The van der Waals surface area contributed by atoms with Crippen molar-refractivity contribution in [2.24, 2.45) is 0 Å². The summed E-state index contributed by atoms with van der Waals surface area (Å²) in [6.45, 7) is 3.72. The van der Waals surface area contributed by atoms with E-state index in [-0.39, 0.29) is 17.9 Å². The van der Waals surface area contributed by atoms with E-state index in [1.807, 2.05) is 0 Å². The zero-order chi connectivity index (χ0) is 16.1. The number of halogens is 1. The zero-order valence-corrected chi connectivity index (χ0v) is 12.8. The number of aryl methyl sites for hydroxylation is 1. The van der Waals surface area contributed by atoms with Crippen LogP contribution in [0.5, 0.6) is 0 Å². The van der Waals surface area contributed by atoms with E-state index in [1.165, 1.54) is 19.2 Å². The molecule has 1 heterocycles. The van der Waals surface area contributed by atoms with Crippen LogP contribution in [0.1, 0.15) is 12.0 Å². The molecule has 0 unspecified atom stereocenters. The predicted octanol–water partition coefficient (Wildman–Crippen LogP) is 2.44. The summed E-state index contributed by atoms with van der Waals surface area (Å²) in [6.07, 6.45) is 0.307. The number of hydrogen-bond acceptors (Lipinski definition) is 3. The van der Waals surface area contributed by atoms with Crippen LogP contribution < -0.4 is 5.32 Å². The number of carbonyl (C=O) groups excluding carboxylic acids is 2. The summed E-state index contributed by atoms with van der Waals surface area (Å²) in [7, 11) is 1.34. The average Bonchev–Trinajstić information content (AvgIpc) is 2.75. The lowest BCUT2D eigenvalue weighted by molar-refractivity contribution is 0.125. The summed E-state index contributed by atoms with van der Waals surface area (Å²) < 4.78 is 17.8. The van der Waals surface area contributed by atoms with Gasteiger partial charge in [0, 0.05) is 31.9 Å². The number of rotatable bonds is 1. The Bertz CT molecular complexity index is 565. The summed E-state index contributed by atoms with van der Waals surface area (Å²) in [4.78, 5) is 27.0. The van der Waals surface area contributed by atoms with E-state index in [0.29, 0.717) is 43.9 Å². The van der Waals surface area contributed by atoms with Gasteiger partial charge in [-0.2, -0.15) is 0 Å². The van der Waals surface area contributed by atoms with Gasteiger partial charge < -0.3 is 19.9 Å². The van der Waals surface area contributed by atoms with Gasteiger partial charge >= 0.3 is 12.1 Å². The maximum absolute atomic E-state index is 13.1. The van der Waals surface area contributed by atoms with E-state index in [0.717, 1.165) is 0 Å². The Morgan fingerprint density at radius 3 is 2.55 bits per heavy atom.